The van der Waals surface area contributed by atoms with Gasteiger partial charge in [-0.15, -0.1) is 0 Å². The third-order valence-electron chi connectivity index (χ3n) is 4.10. The average Bonchev–Trinajstić information content (AvgIpc) is 2.64. The Morgan fingerprint density at radius 3 is 2.37 bits per heavy atom. The number of hydrogen-bond acceptors (Lipinski definition) is 9. The van der Waals surface area contributed by atoms with Gasteiger partial charge in [-0.2, -0.15) is 0 Å². The Morgan fingerprint density at radius 2 is 1.80 bits per heavy atom. The molecule has 5 atom stereocenters. The fourth-order valence-corrected chi connectivity index (χ4v) is 4.22. The van der Waals surface area contributed by atoms with Gasteiger partial charge < -0.3 is 18.9 Å². The van der Waals surface area contributed by atoms with Crippen LogP contribution in [0.2, 0.25) is 0 Å². The first kappa shape index (κ1) is 23.5. The van der Waals surface area contributed by atoms with Crippen LogP contribution in [0.4, 0.5) is 0 Å². The van der Waals surface area contributed by atoms with Crippen molar-refractivity contribution >= 4 is 29.7 Å². The van der Waals surface area contributed by atoms with Crippen molar-refractivity contribution in [2.75, 3.05) is 6.61 Å². The van der Waals surface area contributed by atoms with E-state index in [0.717, 1.165) is 10.5 Å². The third-order valence-corrected chi connectivity index (χ3v) is 5.24. The molecular formula is C19H23N3O7S. The molecule has 0 bridgehead atoms. The molecule has 2 unspecified atom stereocenters. The van der Waals surface area contributed by atoms with Crippen molar-refractivity contribution < 1.29 is 33.3 Å². The second kappa shape index (κ2) is 10.9. The van der Waals surface area contributed by atoms with Gasteiger partial charge in [-0.05, 0) is 24.6 Å². The SMILES string of the molecule is CC(=O)OCC1O[C@H](Sc2cccc(C)c2)[C@@H](OC(C)=O)C(N=[N+]=[N-])[C@H]1OC(C)=O. The van der Waals surface area contributed by atoms with Crippen molar-refractivity contribution in [3.63, 3.8) is 0 Å². The van der Waals surface area contributed by atoms with E-state index in [0.29, 0.717) is 0 Å². The zero-order chi connectivity index (χ0) is 22.3. The molecule has 1 aliphatic rings. The maximum Gasteiger partial charge on any atom is 0.303 e. The molecule has 1 aliphatic heterocycles. The van der Waals surface area contributed by atoms with Crippen molar-refractivity contribution in [2.24, 2.45) is 5.11 Å². The molecule has 11 heteroatoms. The number of esters is 3. The van der Waals surface area contributed by atoms with Gasteiger partial charge in [0.15, 0.2) is 0 Å². The minimum atomic E-state index is -1.11. The first-order valence-electron chi connectivity index (χ1n) is 9.12. The van der Waals surface area contributed by atoms with E-state index >= 15 is 0 Å². The maximum atomic E-state index is 11.7. The van der Waals surface area contributed by atoms with Crippen LogP contribution in [0.1, 0.15) is 26.3 Å². The highest BCUT2D eigenvalue weighted by molar-refractivity contribution is 7.99. The lowest BCUT2D eigenvalue weighted by Gasteiger charge is -2.43. The van der Waals surface area contributed by atoms with Crippen LogP contribution in [-0.2, 0) is 33.3 Å². The number of carbonyl (C=O) groups is 3. The second-order valence-electron chi connectivity index (χ2n) is 6.62. The quantitative estimate of drug-likeness (QED) is 0.209. The predicted molar refractivity (Wildman–Crippen MR) is 106 cm³/mol. The monoisotopic (exact) mass is 437 g/mol. The van der Waals surface area contributed by atoms with Crippen LogP contribution in [0.3, 0.4) is 0 Å². The van der Waals surface area contributed by atoms with Crippen LogP contribution in [0.15, 0.2) is 34.3 Å². The van der Waals surface area contributed by atoms with Gasteiger partial charge in [0.2, 0.25) is 0 Å². The van der Waals surface area contributed by atoms with Crippen molar-refractivity contribution in [1.29, 1.82) is 0 Å². The van der Waals surface area contributed by atoms with Crippen LogP contribution >= 0.6 is 11.8 Å². The summed E-state index contributed by atoms with van der Waals surface area (Å²) >= 11 is 1.25. The van der Waals surface area contributed by atoms with Gasteiger partial charge in [0.25, 0.3) is 0 Å². The normalized spacial score (nSPS) is 25.5. The molecule has 10 nitrogen and oxygen atoms in total. The summed E-state index contributed by atoms with van der Waals surface area (Å²) < 4.78 is 21.8. The van der Waals surface area contributed by atoms with Gasteiger partial charge >= 0.3 is 17.9 Å². The summed E-state index contributed by atoms with van der Waals surface area (Å²) in [5.74, 6) is -1.82. The summed E-state index contributed by atoms with van der Waals surface area (Å²) in [7, 11) is 0. The van der Waals surface area contributed by atoms with Gasteiger partial charge in [0, 0.05) is 30.6 Å². The molecule has 1 aromatic carbocycles. The maximum absolute atomic E-state index is 11.7. The van der Waals surface area contributed by atoms with Gasteiger partial charge in [-0.25, -0.2) is 0 Å². The van der Waals surface area contributed by atoms with Crippen LogP contribution in [-0.4, -0.2) is 54.3 Å². The van der Waals surface area contributed by atoms with E-state index < -0.39 is 47.7 Å². The fourth-order valence-electron chi connectivity index (χ4n) is 2.99. The van der Waals surface area contributed by atoms with E-state index in [1.54, 1.807) is 0 Å². The van der Waals surface area contributed by atoms with E-state index in [1.165, 1.54) is 32.5 Å². The number of aryl methyl sites for hydroxylation is 1. The van der Waals surface area contributed by atoms with E-state index in [1.807, 2.05) is 31.2 Å². The molecular weight excluding hydrogens is 414 g/mol. The highest BCUT2D eigenvalue weighted by Crippen LogP contribution is 2.37. The molecule has 0 radical (unpaired) electrons. The summed E-state index contributed by atoms with van der Waals surface area (Å²) in [6, 6.07) is 6.48. The Labute approximate surface area is 177 Å². The Balaban J connectivity index is 2.43. The molecule has 0 aromatic heterocycles. The molecule has 1 fully saturated rings. The molecule has 162 valence electrons. The summed E-state index contributed by atoms with van der Waals surface area (Å²) in [5.41, 5.74) is 9.29. The summed E-state index contributed by atoms with van der Waals surface area (Å²) in [6.07, 6.45) is -3.08. The molecule has 30 heavy (non-hydrogen) atoms. The summed E-state index contributed by atoms with van der Waals surface area (Å²) in [5, 5.41) is 3.73. The molecule has 0 amide bonds. The Morgan fingerprint density at radius 1 is 1.13 bits per heavy atom. The van der Waals surface area contributed by atoms with Crippen molar-refractivity contribution in [3.8, 4) is 0 Å². The number of nitrogens with zero attached hydrogens (tertiary/aromatic N) is 3. The molecule has 0 N–H and O–H groups in total. The predicted octanol–water partition coefficient (Wildman–Crippen LogP) is 2.92. The number of carbonyl (C=O) groups excluding carboxylic acids is 3. The number of hydrogen-bond donors (Lipinski definition) is 0. The zero-order valence-corrected chi connectivity index (χ0v) is 17.8. The van der Waals surface area contributed by atoms with E-state index in [9.17, 15) is 14.4 Å². The van der Waals surface area contributed by atoms with E-state index in [-0.39, 0.29) is 6.61 Å². The third kappa shape index (κ3) is 6.65. The second-order valence-corrected chi connectivity index (χ2v) is 7.80. The fraction of sp³-hybridized carbons (Fsp3) is 0.526. The van der Waals surface area contributed by atoms with E-state index in [4.69, 9.17) is 24.5 Å². The lowest BCUT2D eigenvalue weighted by molar-refractivity contribution is -0.201. The Hall–Kier alpha value is -2.75. The topological polar surface area (TPSA) is 137 Å². The summed E-state index contributed by atoms with van der Waals surface area (Å²) in [6.45, 7) is 5.33. The van der Waals surface area contributed by atoms with Gasteiger partial charge in [0.05, 0.1) is 0 Å². The smallest absolute Gasteiger partial charge is 0.303 e. The molecule has 1 aromatic rings. The van der Waals surface area contributed by atoms with Crippen LogP contribution in [0.25, 0.3) is 10.4 Å². The Bertz CT molecular complexity index is 843. The molecule has 2 rings (SSSR count). The minimum Gasteiger partial charge on any atom is -0.463 e. The number of ether oxygens (including phenoxy) is 4. The molecule has 1 saturated heterocycles. The van der Waals surface area contributed by atoms with Gasteiger partial charge in [-0.3, -0.25) is 14.4 Å². The number of benzene rings is 1. The van der Waals surface area contributed by atoms with Crippen molar-refractivity contribution in [1.82, 2.24) is 0 Å². The zero-order valence-electron chi connectivity index (χ0n) is 17.0. The first-order chi connectivity index (χ1) is 14.2. The van der Waals surface area contributed by atoms with Crippen LogP contribution in [0.5, 0.6) is 0 Å². The molecule has 0 saturated carbocycles. The number of thioether (sulfide) groups is 1. The summed E-state index contributed by atoms with van der Waals surface area (Å²) in [4.78, 5) is 38.3. The van der Waals surface area contributed by atoms with Gasteiger partial charge in [0.1, 0.15) is 36.4 Å². The highest BCUT2D eigenvalue weighted by Gasteiger charge is 2.50. The lowest BCUT2D eigenvalue weighted by atomic mass is 9.97. The molecule has 0 aliphatic carbocycles. The molecule has 0 spiro atoms. The van der Waals surface area contributed by atoms with Crippen molar-refractivity contribution in [2.45, 2.75) is 62.4 Å². The first-order valence-corrected chi connectivity index (χ1v) is 10.00. The minimum absolute atomic E-state index is 0.234. The average molecular weight is 437 g/mol. The highest BCUT2D eigenvalue weighted by atomic mass is 32.2. The number of azide groups is 1. The molecule has 1 heterocycles. The number of rotatable bonds is 7. The van der Waals surface area contributed by atoms with Crippen LogP contribution < -0.4 is 0 Å². The van der Waals surface area contributed by atoms with E-state index in [2.05, 4.69) is 10.0 Å². The van der Waals surface area contributed by atoms with Gasteiger partial charge in [-0.1, -0.05) is 34.6 Å². The van der Waals surface area contributed by atoms with Crippen LogP contribution in [0, 0.1) is 6.92 Å². The largest absolute Gasteiger partial charge is 0.463 e. The van der Waals surface area contributed by atoms with Crippen molar-refractivity contribution in [3.05, 3.63) is 40.3 Å². The standard InChI is InChI=1S/C19H23N3O7S/c1-10-6-5-7-14(8-10)30-19-18(28-13(4)25)16(21-22-20)17(27-12(3)24)15(29-19)9-26-11(2)23/h5-8,15-19H,9H2,1-4H3/t15?,16?,17-,18-,19+/m0/s1. The Kier molecular flexibility index (Phi) is 8.52. The lowest BCUT2D eigenvalue weighted by Crippen LogP contribution is -2.59.